The zero-order chi connectivity index (χ0) is 21.1. The van der Waals surface area contributed by atoms with E-state index < -0.39 is 10.0 Å². The average molecular weight is 417 g/mol. The zero-order valence-corrected chi connectivity index (χ0v) is 17.0. The maximum atomic E-state index is 12.9. The van der Waals surface area contributed by atoms with Gasteiger partial charge in [-0.25, -0.2) is 8.42 Å². The molecule has 0 aliphatic heterocycles. The molecule has 0 fully saturated rings. The van der Waals surface area contributed by atoms with Crippen molar-refractivity contribution >= 4 is 38.2 Å². The fourth-order valence-corrected chi connectivity index (χ4v) is 4.32. The molecule has 0 saturated carbocycles. The van der Waals surface area contributed by atoms with Gasteiger partial charge in [0.25, 0.3) is 15.9 Å². The Kier molecular flexibility index (Phi) is 5.20. The van der Waals surface area contributed by atoms with Crippen molar-refractivity contribution in [3.8, 4) is 0 Å². The van der Waals surface area contributed by atoms with Gasteiger partial charge in [0.2, 0.25) is 0 Å². The van der Waals surface area contributed by atoms with E-state index in [4.69, 9.17) is 0 Å². The topological polar surface area (TPSA) is 79.4 Å². The lowest BCUT2D eigenvalue weighted by atomic mass is 10.1. The fraction of sp³-hybridized carbons (Fsp3) is 0.0435. The van der Waals surface area contributed by atoms with Gasteiger partial charge in [0.05, 0.1) is 21.8 Å². The summed E-state index contributed by atoms with van der Waals surface area (Å²) in [6.45, 7) is 0. The van der Waals surface area contributed by atoms with Gasteiger partial charge < -0.3 is 5.32 Å². The first kappa shape index (κ1) is 19.6. The van der Waals surface area contributed by atoms with E-state index in [0.717, 1.165) is 10.9 Å². The molecule has 1 aromatic heterocycles. The van der Waals surface area contributed by atoms with Gasteiger partial charge in [0.15, 0.2) is 0 Å². The van der Waals surface area contributed by atoms with E-state index in [1.807, 2.05) is 24.3 Å². The molecule has 1 N–H and O–H groups in total. The molecule has 4 rings (SSSR count). The highest BCUT2D eigenvalue weighted by Gasteiger charge is 2.21. The highest BCUT2D eigenvalue weighted by Crippen LogP contribution is 2.24. The lowest BCUT2D eigenvalue weighted by Crippen LogP contribution is -2.26. The predicted octanol–water partition coefficient (Wildman–Crippen LogP) is 4.31. The van der Waals surface area contributed by atoms with E-state index in [2.05, 4.69) is 10.3 Å². The average Bonchev–Trinajstić information content (AvgIpc) is 2.79. The Hall–Kier alpha value is -3.71. The van der Waals surface area contributed by atoms with Crippen LogP contribution in [0.4, 0.5) is 11.4 Å². The molecule has 0 saturated heterocycles. The Balaban J connectivity index is 1.56. The second-order valence-corrected chi connectivity index (χ2v) is 8.63. The molecule has 30 heavy (non-hydrogen) atoms. The molecular weight excluding hydrogens is 398 g/mol. The predicted molar refractivity (Wildman–Crippen MR) is 118 cm³/mol. The summed E-state index contributed by atoms with van der Waals surface area (Å²) in [5.41, 5.74) is 2.34. The number of pyridine rings is 1. The second kappa shape index (κ2) is 7.96. The first-order chi connectivity index (χ1) is 14.5. The van der Waals surface area contributed by atoms with Crippen molar-refractivity contribution < 1.29 is 13.2 Å². The van der Waals surface area contributed by atoms with Gasteiger partial charge in [0, 0.05) is 24.2 Å². The van der Waals surface area contributed by atoms with Crippen LogP contribution in [0, 0.1) is 0 Å². The standard InChI is InChI=1S/C23H19N3O3S/c1-26(18-7-3-2-4-8-18)30(28,29)19-14-12-17(13-15-19)23(27)25-22-11-5-10-21-20(22)9-6-16-24-21/h2-16H,1H3,(H,25,27). The fourth-order valence-electron chi connectivity index (χ4n) is 3.12. The van der Waals surface area contributed by atoms with Crippen LogP contribution in [0.2, 0.25) is 0 Å². The molecule has 0 radical (unpaired) electrons. The van der Waals surface area contributed by atoms with Crippen LogP contribution in [-0.2, 0) is 10.0 Å². The summed E-state index contributed by atoms with van der Waals surface area (Å²) in [6, 6.07) is 23.9. The summed E-state index contributed by atoms with van der Waals surface area (Å²) >= 11 is 0. The normalized spacial score (nSPS) is 11.2. The second-order valence-electron chi connectivity index (χ2n) is 6.66. The van der Waals surface area contributed by atoms with Crippen molar-refractivity contribution in [3.05, 3.63) is 96.7 Å². The van der Waals surface area contributed by atoms with Gasteiger partial charge in [-0.3, -0.25) is 14.1 Å². The minimum atomic E-state index is -3.73. The molecule has 0 aliphatic carbocycles. The monoisotopic (exact) mass is 417 g/mol. The number of para-hydroxylation sites is 1. The number of fused-ring (bicyclic) bond motifs is 1. The Bertz CT molecular complexity index is 1300. The van der Waals surface area contributed by atoms with Crippen LogP contribution in [-0.4, -0.2) is 26.4 Å². The number of sulfonamides is 1. The summed E-state index contributed by atoms with van der Waals surface area (Å²) in [6.07, 6.45) is 1.69. The molecule has 1 amide bonds. The van der Waals surface area contributed by atoms with Crippen molar-refractivity contribution in [1.29, 1.82) is 0 Å². The van der Waals surface area contributed by atoms with Gasteiger partial charge in [0.1, 0.15) is 0 Å². The minimum absolute atomic E-state index is 0.111. The maximum absolute atomic E-state index is 12.9. The van der Waals surface area contributed by atoms with Gasteiger partial charge in [-0.05, 0) is 60.7 Å². The number of nitrogens with zero attached hydrogens (tertiary/aromatic N) is 2. The number of hydrogen-bond acceptors (Lipinski definition) is 4. The smallest absolute Gasteiger partial charge is 0.264 e. The van der Waals surface area contributed by atoms with Crippen LogP contribution in [0.25, 0.3) is 10.9 Å². The molecule has 150 valence electrons. The molecule has 0 aliphatic rings. The van der Waals surface area contributed by atoms with Crippen LogP contribution in [0.15, 0.2) is 96.0 Å². The summed E-state index contributed by atoms with van der Waals surface area (Å²) in [4.78, 5) is 17.1. The number of rotatable bonds is 5. The lowest BCUT2D eigenvalue weighted by molar-refractivity contribution is 0.102. The molecule has 7 heteroatoms. The van der Waals surface area contributed by atoms with Crippen LogP contribution >= 0.6 is 0 Å². The third-order valence-corrected chi connectivity index (χ3v) is 6.59. The quantitative estimate of drug-likeness (QED) is 0.525. The molecule has 1 heterocycles. The van der Waals surface area contributed by atoms with Gasteiger partial charge in [-0.1, -0.05) is 24.3 Å². The van der Waals surface area contributed by atoms with Crippen LogP contribution < -0.4 is 9.62 Å². The van der Waals surface area contributed by atoms with E-state index in [-0.39, 0.29) is 10.8 Å². The number of anilines is 2. The molecule has 0 bridgehead atoms. The number of nitrogens with one attached hydrogen (secondary N) is 1. The largest absolute Gasteiger partial charge is 0.321 e. The van der Waals surface area contributed by atoms with Crippen molar-refractivity contribution in [3.63, 3.8) is 0 Å². The van der Waals surface area contributed by atoms with E-state index in [9.17, 15) is 13.2 Å². The van der Waals surface area contributed by atoms with Gasteiger partial charge in [-0.2, -0.15) is 0 Å². The maximum Gasteiger partial charge on any atom is 0.264 e. The molecule has 3 aromatic carbocycles. The van der Waals surface area contributed by atoms with Crippen LogP contribution in [0.5, 0.6) is 0 Å². The first-order valence-corrected chi connectivity index (χ1v) is 10.7. The molecule has 4 aromatic rings. The highest BCUT2D eigenvalue weighted by atomic mass is 32.2. The van der Waals surface area contributed by atoms with E-state index in [0.29, 0.717) is 16.9 Å². The molecule has 6 nitrogen and oxygen atoms in total. The Morgan fingerprint density at radius 2 is 1.60 bits per heavy atom. The summed E-state index contributed by atoms with van der Waals surface area (Å²) in [7, 11) is -2.23. The molecular formula is C23H19N3O3S. The summed E-state index contributed by atoms with van der Waals surface area (Å²) in [5, 5.41) is 3.70. The van der Waals surface area contributed by atoms with Crippen molar-refractivity contribution in [2.45, 2.75) is 4.90 Å². The number of amides is 1. The van der Waals surface area contributed by atoms with Gasteiger partial charge >= 0.3 is 0 Å². The lowest BCUT2D eigenvalue weighted by Gasteiger charge is -2.19. The van der Waals surface area contributed by atoms with Gasteiger partial charge in [-0.15, -0.1) is 0 Å². The number of carbonyl (C=O) groups excluding carboxylic acids is 1. The Morgan fingerprint density at radius 3 is 2.33 bits per heavy atom. The third-order valence-electron chi connectivity index (χ3n) is 4.79. The third kappa shape index (κ3) is 3.75. The van der Waals surface area contributed by atoms with Crippen LogP contribution in [0.3, 0.4) is 0 Å². The number of benzene rings is 3. The van der Waals surface area contributed by atoms with Crippen molar-refractivity contribution in [1.82, 2.24) is 4.98 Å². The summed E-state index contributed by atoms with van der Waals surface area (Å²) < 4.78 is 27.0. The van der Waals surface area contributed by atoms with E-state index in [1.165, 1.54) is 35.6 Å². The van der Waals surface area contributed by atoms with E-state index in [1.54, 1.807) is 42.6 Å². The zero-order valence-electron chi connectivity index (χ0n) is 16.2. The first-order valence-electron chi connectivity index (χ1n) is 9.26. The van der Waals surface area contributed by atoms with Crippen molar-refractivity contribution in [2.24, 2.45) is 0 Å². The highest BCUT2D eigenvalue weighted by molar-refractivity contribution is 7.92. The number of hydrogen-bond donors (Lipinski definition) is 1. The SMILES string of the molecule is CN(c1ccccc1)S(=O)(=O)c1ccc(C(=O)Nc2cccc3ncccc23)cc1. The molecule has 0 unspecified atom stereocenters. The Labute approximate surface area is 174 Å². The minimum Gasteiger partial charge on any atom is -0.321 e. The van der Waals surface area contributed by atoms with Crippen LogP contribution in [0.1, 0.15) is 10.4 Å². The Morgan fingerprint density at radius 1 is 0.867 bits per heavy atom. The van der Waals surface area contributed by atoms with Crippen molar-refractivity contribution in [2.75, 3.05) is 16.7 Å². The molecule has 0 spiro atoms. The number of carbonyl (C=O) groups is 1. The summed E-state index contributed by atoms with van der Waals surface area (Å²) in [5.74, 6) is -0.327. The van der Waals surface area contributed by atoms with E-state index >= 15 is 0 Å². The number of aromatic nitrogens is 1. The molecule has 0 atom stereocenters.